The van der Waals surface area contributed by atoms with E-state index in [4.69, 9.17) is 0 Å². The molecule has 0 unspecified atom stereocenters. The zero-order valence-electron chi connectivity index (χ0n) is 14.5. The Bertz CT molecular complexity index is 725. The smallest absolute Gasteiger partial charge is 0.191 e. The second-order valence-electron chi connectivity index (χ2n) is 6.20. The van der Waals surface area contributed by atoms with Crippen molar-refractivity contribution in [3.05, 3.63) is 47.8 Å². The van der Waals surface area contributed by atoms with E-state index < -0.39 is 0 Å². The van der Waals surface area contributed by atoms with Crippen LogP contribution in [0.5, 0.6) is 0 Å². The molecule has 0 saturated heterocycles. The molecule has 25 heavy (non-hydrogen) atoms. The van der Waals surface area contributed by atoms with E-state index in [1.165, 1.54) is 6.07 Å². The molecule has 1 aliphatic carbocycles. The standard InChI is InChI=1S/C17H23FN6.HI/c1-3-19-16(20-10-15-23-22-12-24(15)2)21-11-17(7-8-17)13-5-4-6-14(18)9-13;/h4-6,9,12H,3,7-8,10-11H2,1-2H3,(H2,19,20,21);1H. The first-order chi connectivity index (χ1) is 11.6. The zero-order valence-corrected chi connectivity index (χ0v) is 16.8. The quantitative estimate of drug-likeness (QED) is 0.397. The molecule has 0 bridgehead atoms. The predicted molar refractivity (Wildman–Crippen MR) is 107 cm³/mol. The summed E-state index contributed by atoms with van der Waals surface area (Å²) >= 11 is 0. The number of guanidine groups is 1. The van der Waals surface area contributed by atoms with E-state index in [1.54, 1.807) is 18.5 Å². The fourth-order valence-corrected chi connectivity index (χ4v) is 2.73. The van der Waals surface area contributed by atoms with Crippen LogP contribution in [0.2, 0.25) is 0 Å². The fraction of sp³-hybridized carbons (Fsp3) is 0.471. The average Bonchev–Trinajstić information content (AvgIpc) is 3.26. The molecule has 136 valence electrons. The zero-order chi connectivity index (χ0) is 17.0. The number of halogens is 2. The van der Waals surface area contributed by atoms with Crippen LogP contribution in [-0.2, 0) is 19.0 Å². The lowest BCUT2D eigenvalue weighted by Gasteiger charge is -2.19. The predicted octanol–water partition coefficient (Wildman–Crippen LogP) is 2.36. The number of benzene rings is 1. The van der Waals surface area contributed by atoms with E-state index in [2.05, 4.69) is 25.8 Å². The van der Waals surface area contributed by atoms with Gasteiger partial charge < -0.3 is 15.2 Å². The Morgan fingerprint density at radius 1 is 1.36 bits per heavy atom. The largest absolute Gasteiger partial charge is 0.357 e. The number of hydrogen-bond acceptors (Lipinski definition) is 3. The summed E-state index contributed by atoms with van der Waals surface area (Å²) in [6, 6.07) is 6.90. The second kappa shape index (κ2) is 8.59. The van der Waals surface area contributed by atoms with Gasteiger partial charge in [0.15, 0.2) is 11.8 Å². The molecule has 0 spiro atoms. The highest BCUT2D eigenvalue weighted by molar-refractivity contribution is 14.0. The van der Waals surface area contributed by atoms with Crippen LogP contribution in [0.25, 0.3) is 0 Å². The molecule has 1 heterocycles. The first-order valence-electron chi connectivity index (χ1n) is 8.24. The maximum atomic E-state index is 13.5. The van der Waals surface area contributed by atoms with Crippen LogP contribution >= 0.6 is 24.0 Å². The maximum absolute atomic E-state index is 13.5. The summed E-state index contributed by atoms with van der Waals surface area (Å²) < 4.78 is 15.3. The Hall–Kier alpha value is -1.71. The van der Waals surface area contributed by atoms with Crippen molar-refractivity contribution in [3.63, 3.8) is 0 Å². The van der Waals surface area contributed by atoms with Crippen LogP contribution < -0.4 is 10.6 Å². The molecule has 1 aliphatic rings. The van der Waals surface area contributed by atoms with Crippen molar-refractivity contribution >= 4 is 29.9 Å². The molecule has 0 amide bonds. The molecule has 0 aliphatic heterocycles. The van der Waals surface area contributed by atoms with Gasteiger partial charge >= 0.3 is 0 Å². The number of hydrogen-bond donors (Lipinski definition) is 2. The summed E-state index contributed by atoms with van der Waals surface area (Å²) in [5.41, 5.74) is 1.07. The minimum absolute atomic E-state index is 0. The molecule has 2 aromatic rings. The average molecular weight is 458 g/mol. The van der Waals surface area contributed by atoms with Crippen molar-refractivity contribution < 1.29 is 4.39 Å². The topological polar surface area (TPSA) is 67.1 Å². The van der Waals surface area contributed by atoms with Gasteiger partial charge in [0.1, 0.15) is 18.7 Å². The number of aliphatic imine (C=N–C) groups is 1. The monoisotopic (exact) mass is 458 g/mol. The van der Waals surface area contributed by atoms with Crippen LogP contribution in [0.4, 0.5) is 4.39 Å². The fourth-order valence-electron chi connectivity index (χ4n) is 2.73. The molecule has 3 rings (SSSR count). The Morgan fingerprint density at radius 3 is 2.76 bits per heavy atom. The Morgan fingerprint density at radius 2 is 2.16 bits per heavy atom. The molecule has 1 aromatic carbocycles. The van der Waals surface area contributed by atoms with Gasteiger partial charge in [-0.05, 0) is 37.5 Å². The lowest BCUT2D eigenvalue weighted by molar-refractivity contribution is 0.607. The molecule has 8 heteroatoms. The summed E-state index contributed by atoms with van der Waals surface area (Å²) in [6.07, 6.45) is 3.78. The highest BCUT2D eigenvalue weighted by Gasteiger charge is 2.44. The van der Waals surface area contributed by atoms with Crippen molar-refractivity contribution in [3.8, 4) is 0 Å². The third-order valence-electron chi connectivity index (χ3n) is 4.41. The molecule has 1 fully saturated rings. The molecule has 0 radical (unpaired) electrons. The third kappa shape index (κ3) is 4.90. The minimum atomic E-state index is -0.179. The van der Waals surface area contributed by atoms with Crippen molar-refractivity contribution in [1.29, 1.82) is 0 Å². The highest BCUT2D eigenvalue weighted by Crippen LogP contribution is 2.47. The van der Waals surface area contributed by atoms with Crippen molar-refractivity contribution in [2.75, 3.05) is 13.1 Å². The van der Waals surface area contributed by atoms with Crippen LogP contribution in [0.3, 0.4) is 0 Å². The van der Waals surface area contributed by atoms with E-state index in [-0.39, 0.29) is 35.2 Å². The summed E-state index contributed by atoms with van der Waals surface area (Å²) in [4.78, 5) is 4.56. The molecule has 1 aromatic heterocycles. The van der Waals surface area contributed by atoms with Crippen molar-refractivity contribution in [2.45, 2.75) is 31.7 Å². The summed E-state index contributed by atoms with van der Waals surface area (Å²) in [6.45, 7) is 4.00. The van der Waals surface area contributed by atoms with Crippen LogP contribution in [0, 0.1) is 5.82 Å². The summed E-state index contributed by atoms with van der Waals surface area (Å²) in [7, 11) is 1.90. The first kappa shape index (κ1) is 19.6. The molecular formula is C17H24FIN6. The highest BCUT2D eigenvalue weighted by atomic mass is 127. The molecule has 6 nitrogen and oxygen atoms in total. The van der Waals surface area contributed by atoms with E-state index >= 15 is 0 Å². The maximum Gasteiger partial charge on any atom is 0.191 e. The van der Waals surface area contributed by atoms with Gasteiger partial charge in [0.05, 0.1) is 0 Å². The first-order valence-corrected chi connectivity index (χ1v) is 8.24. The van der Waals surface area contributed by atoms with Gasteiger partial charge in [-0.2, -0.15) is 0 Å². The van der Waals surface area contributed by atoms with E-state index in [0.29, 0.717) is 6.54 Å². The number of rotatable bonds is 6. The number of aryl methyl sites for hydroxylation is 1. The molecular weight excluding hydrogens is 434 g/mol. The van der Waals surface area contributed by atoms with Gasteiger partial charge in [-0.15, -0.1) is 34.2 Å². The van der Waals surface area contributed by atoms with Gasteiger partial charge in [0, 0.05) is 25.6 Å². The van der Waals surface area contributed by atoms with Gasteiger partial charge in [0.2, 0.25) is 0 Å². The van der Waals surface area contributed by atoms with Gasteiger partial charge in [-0.3, -0.25) is 0 Å². The number of nitrogens with one attached hydrogen (secondary N) is 2. The van der Waals surface area contributed by atoms with Gasteiger partial charge in [-0.1, -0.05) is 12.1 Å². The van der Waals surface area contributed by atoms with Crippen molar-refractivity contribution in [2.24, 2.45) is 12.0 Å². The van der Waals surface area contributed by atoms with Gasteiger partial charge in [0.25, 0.3) is 0 Å². The molecule has 2 N–H and O–H groups in total. The number of nitrogens with zero attached hydrogens (tertiary/aromatic N) is 4. The Kier molecular flexibility index (Phi) is 6.74. The van der Waals surface area contributed by atoms with E-state index in [1.807, 2.05) is 24.6 Å². The van der Waals surface area contributed by atoms with E-state index in [9.17, 15) is 4.39 Å². The Balaban J connectivity index is 0.00000225. The lowest BCUT2D eigenvalue weighted by atomic mass is 9.96. The molecule has 0 atom stereocenters. The molecule has 1 saturated carbocycles. The van der Waals surface area contributed by atoms with E-state index in [0.717, 1.165) is 43.3 Å². The van der Waals surface area contributed by atoms with Crippen LogP contribution in [0.15, 0.2) is 35.6 Å². The van der Waals surface area contributed by atoms with Gasteiger partial charge in [-0.25, -0.2) is 9.38 Å². The minimum Gasteiger partial charge on any atom is -0.357 e. The van der Waals surface area contributed by atoms with Crippen molar-refractivity contribution in [1.82, 2.24) is 25.4 Å². The lowest BCUT2D eigenvalue weighted by Crippen LogP contribution is -2.41. The normalized spacial score (nSPS) is 15.4. The van der Waals surface area contributed by atoms with Crippen LogP contribution in [0.1, 0.15) is 31.2 Å². The summed E-state index contributed by atoms with van der Waals surface area (Å²) in [5, 5.41) is 14.5. The third-order valence-corrected chi connectivity index (χ3v) is 4.41. The summed E-state index contributed by atoms with van der Waals surface area (Å²) in [5.74, 6) is 1.36. The SMILES string of the molecule is CCNC(=NCc1nncn1C)NCC1(c2cccc(F)c2)CC1.I. The second-order valence-corrected chi connectivity index (χ2v) is 6.20. The number of aromatic nitrogens is 3. The Labute approximate surface area is 164 Å². The van der Waals surface area contributed by atoms with Crippen LogP contribution in [-0.4, -0.2) is 33.8 Å².